The Hall–Kier alpha value is -3.05. The Morgan fingerprint density at radius 3 is 2.20 bits per heavy atom. The summed E-state index contributed by atoms with van der Waals surface area (Å²) in [6.45, 7) is 1.48. The summed E-state index contributed by atoms with van der Waals surface area (Å²) in [5.41, 5.74) is 5.80. The highest BCUT2D eigenvalue weighted by molar-refractivity contribution is 7.91. The van der Waals surface area contributed by atoms with Gasteiger partial charge in [0.1, 0.15) is 10.8 Å². The second kappa shape index (κ2) is 9.63. The number of alkyl halides is 3. The number of aliphatic hydroxyl groups excluding tert-OH is 1. The Morgan fingerprint density at radius 1 is 1.17 bits per heavy atom. The average Bonchev–Trinajstić information content (AvgIpc) is 3.03. The van der Waals surface area contributed by atoms with Crippen LogP contribution in [0.4, 0.5) is 18.9 Å². The van der Waals surface area contributed by atoms with Gasteiger partial charge in [0, 0.05) is 25.1 Å². The molecule has 0 spiro atoms. The molecule has 0 amide bonds. The summed E-state index contributed by atoms with van der Waals surface area (Å²) in [7, 11) is -4.02. The van der Waals surface area contributed by atoms with Crippen LogP contribution in [0.5, 0.6) is 5.75 Å². The molecule has 0 radical (unpaired) electrons. The normalized spacial score (nSPS) is 12.6. The Labute approximate surface area is 171 Å². The van der Waals surface area contributed by atoms with E-state index in [1.54, 1.807) is 12.4 Å². The van der Waals surface area contributed by atoms with Crippen LogP contribution in [0, 0.1) is 0 Å². The fourth-order valence-corrected chi connectivity index (χ4v) is 3.88. The van der Waals surface area contributed by atoms with Crippen molar-refractivity contribution in [2.45, 2.75) is 35.9 Å². The molecule has 1 atom stereocenters. The van der Waals surface area contributed by atoms with Crippen LogP contribution in [0.25, 0.3) is 0 Å². The molecule has 162 valence electrons. The largest absolute Gasteiger partial charge is 0.573 e. The smallest absolute Gasteiger partial charge is 0.406 e. The van der Waals surface area contributed by atoms with Gasteiger partial charge in [-0.15, -0.1) is 13.2 Å². The number of anilines is 1. The number of hydrogen-bond donors (Lipinski definition) is 2. The molecule has 0 aliphatic carbocycles. The van der Waals surface area contributed by atoms with E-state index >= 15 is 0 Å². The van der Waals surface area contributed by atoms with E-state index < -0.39 is 28.1 Å². The van der Waals surface area contributed by atoms with E-state index in [2.05, 4.69) is 9.72 Å². The van der Waals surface area contributed by atoms with Crippen molar-refractivity contribution in [1.82, 2.24) is 9.55 Å². The van der Waals surface area contributed by atoms with Crippen molar-refractivity contribution < 1.29 is 31.4 Å². The van der Waals surface area contributed by atoms with Crippen LogP contribution >= 0.6 is 0 Å². The third kappa shape index (κ3) is 6.78. The average molecular weight is 443 g/mol. The number of hydrogen-bond acceptors (Lipinski definition) is 6. The zero-order valence-corrected chi connectivity index (χ0v) is 16.6. The van der Waals surface area contributed by atoms with Gasteiger partial charge >= 0.3 is 6.36 Å². The second-order valence-corrected chi connectivity index (χ2v) is 8.06. The molecule has 2 heterocycles. The summed E-state index contributed by atoms with van der Waals surface area (Å²) < 4.78 is 66.6. The number of rotatable bonds is 5. The van der Waals surface area contributed by atoms with Crippen LogP contribution in [-0.2, 0) is 16.4 Å². The molecule has 0 saturated heterocycles. The molecule has 0 aliphatic rings. The molecule has 3 rings (SSSR count). The number of nitrogen functional groups attached to an aromatic ring is 1. The van der Waals surface area contributed by atoms with Gasteiger partial charge in [0.2, 0.25) is 9.84 Å². The molecule has 3 N–H and O–H groups in total. The number of benzene rings is 1. The Morgan fingerprint density at radius 2 is 1.77 bits per heavy atom. The fourth-order valence-electron chi connectivity index (χ4n) is 2.42. The number of sulfone groups is 1. The lowest BCUT2D eigenvalue weighted by Gasteiger charge is -2.12. The van der Waals surface area contributed by atoms with E-state index in [1.807, 2.05) is 18.2 Å². The maximum absolute atomic E-state index is 12.6. The van der Waals surface area contributed by atoms with Gasteiger partial charge in [-0.1, -0.05) is 6.07 Å². The number of ether oxygens (including phenoxy) is 1. The number of nitrogens with two attached hydrogens (primary N) is 1. The number of aliphatic hydroxyl groups is 1. The van der Waals surface area contributed by atoms with E-state index in [0.717, 1.165) is 24.3 Å². The molecule has 0 bridgehead atoms. The number of pyridine rings is 1. The first-order chi connectivity index (χ1) is 14.0. The minimum Gasteiger partial charge on any atom is -0.406 e. The van der Waals surface area contributed by atoms with E-state index in [0.29, 0.717) is 0 Å². The lowest BCUT2D eigenvalue weighted by atomic mass is 10.3. The SMILES string of the molecule is CC(O)Cn1cc(N)cc1S(=O)(=O)c1ccc(OC(F)(F)F)cc1.c1ccncc1. The van der Waals surface area contributed by atoms with Gasteiger partial charge in [0.25, 0.3) is 0 Å². The van der Waals surface area contributed by atoms with Crippen molar-refractivity contribution in [1.29, 1.82) is 0 Å². The molecule has 1 unspecified atom stereocenters. The van der Waals surface area contributed by atoms with Crippen LogP contribution in [0.1, 0.15) is 6.92 Å². The van der Waals surface area contributed by atoms with E-state index in [1.165, 1.54) is 23.8 Å². The second-order valence-electron chi connectivity index (χ2n) is 6.16. The molecule has 1 aromatic carbocycles. The molecule has 3 aromatic rings. The summed E-state index contributed by atoms with van der Waals surface area (Å²) in [4.78, 5) is 3.56. The lowest BCUT2D eigenvalue weighted by molar-refractivity contribution is -0.274. The standard InChI is InChI=1S/C14H15F3N2O4S.C5H5N/c1-9(20)7-19-8-10(18)6-13(19)24(21,22)12-4-2-11(3-5-12)23-14(15,16)17;1-2-4-6-5-3-1/h2-6,8-9,20H,7,18H2,1H3;1-5H. The molecule has 0 saturated carbocycles. The maximum Gasteiger partial charge on any atom is 0.573 e. The van der Waals surface area contributed by atoms with Gasteiger partial charge in [-0.05, 0) is 49.4 Å². The van der Waals surface area contributed by atoms with E-state index in [9.17, 15) is 26.7 Å². The van der Waals surface area contributed by atoms with Gasteiger partial charge in [-0.25, -0.2) is 8.42 Å². The van der Waals surface area contributed by atoms with E-state index in [4.69, 9.17) is 5.73 Å². The summed E-state index contributed by atoms with van der Waals surface area (Å²) in [5.74, 6) is -0.527. The molecule has 0 fully saturated rings. The quantitative estimate of drug-likeness (QED) is 0.627. The van der Waals surface area contributed by atoms with Gasteiger partial charge in [-0.3, -0.25) is 4.98 Å². The maximum atomic E-state index is 12.6. The van der Waals surface area contributed by atoms with Crippen molar-refractivity contribution in [3.8, 4) is 5.75 Å². The summed E-state index contributed by atoms with van der Waals surface area (Å²) in [6, 6.07) is 10.8. The first kappa shape index (κ1) is 23.2. The zero-order valence-electron chi connectivity index (χ0n) is 15.8. The molecule has 30 heavy (non-hydrogen) atoms. The fraction of sp³-hybridized carbons (Fsp3) is 0.211. The summed E-state index contributed by atoms with van der Waals surface area (Å²) in [6.07, 6.45) is -0.810. The van der Waals surface area contributed by atoms with Crippen molar-refractivity contribution in [3.05, 3.63) is 67.1 Å². The predicted octanol–water partition coefficient (Wildman–Crippen LogP) is 3.26. The van der Waals surface area contributed by atoms with Crippen LogP contribution in [-0.4, -0.2) is 35.5 Å². The van der Waals surface area contributed by atoms with Gasteiger partial charge in [0.15, 0.2) is 0 Å². The molecule has 0 aliphatic heterocycles. The summed E-state index contributed by atoms with van der Waals surface area (Å²) in [5, 5.41) is 9.28. The Kier molecular flexibility index (Phi) is 7.46. The number of aromatic nitrogens is 2. The zero-order chi connectivity index (χ0) is 22.4. The topological polar surface area (TPSA) is 107 Å². The van der Waals surface area contributed by atoms with Crippen LogP contribution in [0.15, 0.2) is 77.0 Å². The molecular weight excluding hydrogens is 423 g/mol. The van der Waals surface area contributed by atoms with Crippen LogP contribution < -0.4 is 10.5 Å². The Balaban J connectivity index is 0.000000456. The highest BCUT2D eigenvalue weighted by atomic mass is 32.2. The van der Waals surface area contributed by atoms with Gasteiger partial charge < -0.3 is 20.1 Å². The van der Waals surface area contributed by atoms with Gasteiger partial charge in [0.05, 0.1) is 16.7 Å². The molecule has 11 heteroatoms. The third-order valence-electron chi connectivity index (χ3n) is 3.55. The minimum absolute atomic E-state index is 0.00102. The van der Waals surface area contributed by atoms with Crippen LogP contribution in [0.2, 0.25) is 0 Å². The molecule has 7 nitrogen and oxygen atoms in total. The van der Waals surface area contributed by atoms with Crippen molar-refractivity contribution in [2.75, 3.05) is 5.73 Å². The van der Waals surface area contributed by atoms with Crippen molar-refractivity contribution >= 4 is 15.5 Å². The summed E-state index contributed by atoms with van der Waals surface area (Å²) >= 11 is 0. The first-order valence-electron chi connectivity index (χ1n) is 8.58. The molecular formula is C19H20F3N3O4S. The Bertz CT molecular complexity index is 1010. The minimum atomic E-state index is -4.86. The van der Waals surface area contributed by atoms with Crippen molar-refractivity contribution in [2.24, 2.45) is 0 Å². The predicted molar refractivity (Wildman–Crippen MR) is 103 cm³/mol. The lowest BCUT2D eigenvalue weighted by Crippen LogP contribution is -2.17. The van der Waals surface area contributed by atoms with Gasteiger partial charge in [-0.2, -0.15) is 0 Å². The highest BCUT2D eigenvalue weighted by Crippen LogP contribution is 2.28. The first-order valence-corrected chi connectivity index (χ1v) is 10.1. The molecule has 2 aromatic heterocycles. The number of nitrogens with zero attached hydrogens (tertiary/aromatic N) is 2. The highest BCUT2D eigenvalue weighted by Gasteiger charge is 2.31. The third-order valence-corrected chi connectivity index (χ3v) is 5.34. The number of halogens is 3. The monoisotopic (exact) mass is 443 g/mol. The van der Waals surface area contributed by atoms with Crippen LogP contribution in [0.3, 0.4) is 0 Å². The van der Waals surface area contributed by atoms with E-state index in [-0.39, 0.29) is 22.2 Å². The van der Waals surface area contributed by atoms with Crippen molar-refractivity contribution in [3.63, 3.8) is 0 Å².